The predicted molar refractivity (Wildman–Crippen MR) is 84.5 cm³/mol. The summed E-state index contributed by atoms with van der Waals surface area (Å²) in [6, 6.07) is 5.68. The Bertz CT molecular complexity index is 615. The van der Waals surface area contributed by atoms with E-state index in [0.717, 1.165) is 31.5 Å². The van der Waals surface area contributed by atoms with Gasteiger partial charge in [0.1, 0.15) is 5.75 Å². The van der Waals surface area contributed by atoms with Crippen LogP contribution < -0.4 is 5.32 Å². The lowest BCUT2D eigenvalue weighted by atomic mass is 10.1. The van der Waals surface area contributed by atoms with Gasteiger partial charge in [0.2, 0.25) is 0 Å². The Kier molecular flexibility index (Phi) is 4.47. The van der Waals surface area contributed by atoms with Gasteiger partial charge in [-0.25, -0.2) is 0 Å². The van der Waals surface area contributed by atoms with Crippen LogP contribution in [0.15, 0.2) is 33.3 Å². The molecule has 5 heteroatoms. The van der Waals surface area contributed by atoms with Gasteiger partial charge >= 0.3 is 0 Å². The molecule has 0 saturated carbocycles. The third-order valence-electron chi connectivity index (χ3n) is 2.87. The van der Waals surface area contributed by atoms with E-state index in [-0.39, 0.29) is 0 Å². The number of pyridine rings is 1. The van der Waals surface area contributed by atoms with Crippen molar-refractivity contribution in [1.29, 1.82) is 0 Å². The van der Waals surface area contributed by atoms with Gasteiger partial charge in [-0.3, -0.25) is 4.98 Å². The number of aromatic hydroxyl groups is 1. The Balaban J connectivity index is 2.16. The number of halogens is 2. The number of phenolic OH excluding ortho intramolecular Hbond substituents is 1. The molecule has 0 aliphatic rings. The average molecular weight is 386 g/mol. The van der Waals surface area contributed by atoms with Crippen molar-refractivity contribution in [2.24, 2.45) is 0 Å². The molecule has 1 aromatic heterocycles. The number of aryl methyl sites for hydroxylation is 2. The van der Waals surface area contributed by atoms with Crippen LogP contribution in [0.5, 0.6) is 5.75 Å². The first-order chi connectivity index (χ1) is 8.97. The number of nitrogens with zero attached hydrogens (tertiary/aromatic N) is 1. The van der Waals surface area contributed by atoms with Crippen LogP contribution in [-0.2, 0) is 6.54 Å². The van der Waals surface area contributed by atoms with Crippen molar-refractivity contribution in [3.63, 3.8) is 0 Å². The molecule has 0 saturated heterocycles. The minimum atomic E-state index is 0.325. The topological polar surface area (TPSA) is 45.2 Å². The van der Waals surface area contributed by atoms with E-state index < -0.39 is 0 Å². The molecule has 1 aromatic carbocycles. The second-order valence-corrected chi connectivity index (χ2v) is 6.16. The first-order valence-electron chi connectivity index (χ1n) is 5.81. The Morgan fingerprint density at radius 3 is 2.58 bits per heavy atom. The molecule has 0 fully saturated rings. The number of rotatable bonds is 3. The summed E-state index contributed by atoms with van der Waals surface area (Å²) in [7, 11) is 0. The summed E-state index contributed by atoms with van der Waals surface area (Å²) in [4.78, 5) is 4.36. The number of benzene rings is 1. The number of hydrogen-bond acceptors (Lipinski definition) is 3. The van der Waals surface area contributed by atoms with Crippen LogP contribution in [0.2, 0.25) is 0 Å². The SMILES string of the molecule is Cc1cc(NCc2ncc(Br)cc2Br)c(C)cc1O. The van der Waals surface area contributed by atoms with Crippen molar-refractivity contribution in [3.8, 4) is 5.75 Å². The molecular formula is C14H14Br2N2O. The summed E-state index contributed by atoms with van der Waals surface area (Å²) in [5.74, 6) is 0.325. The highest BCUT2D eigenvalue weighted by Gasteiger charge is 2.06. The molecule has 0 amide bonds. The van der Waals surface area contributed by atoms with Gasteiger partial charge in [0.25, 0.3) is 0 Å². The molecule has 0 radical (unpaired) electrons. The van der Waals surface area contributed by atoms with Crippen molar-refractivity contribution < 1.29 is 5.11 Å². The molecule has 3 nitrogen and oxygen atoms in total. The fourth-order valence-corrected chi connectivity index (χ4v) is 2.87. The molecule has 0 atom stereocenters. The zero-order valence-corrected chi connectivity index (χ0v) is 13.8. The highest BCUT2D eigenvalue weighted by Crippen LogP contribution is 2.26. The minimum Gasteiger partial charge on any atom is -0.508 e. The molecule has 100 valence electrons. The lowest BCUT2D eigenvalue weighted by Gasteiger charge is -2.12. The summed E-state index contributed by atoms with van der Waals surface area (Å²) < 4.78 is 1.90. The molecule has 1 heterocycles. The van der Waals surface area contributed by atoms with Gasteiger partial charge in [-0.2, -0.15) is 0 Å². The molecular weight excluding hydrogens is 372 g/mol. The summed E-state index contributed by atoms with van der Waals surface area (Å²) in [5.41, 5.74) is 3.81. The van der Waals surface area contributed by atoms with Crippen LogP contribution in [0.25, 0.3) is 0 Å². The highest BCUT2D eigenvalue weighted by molar-refractivity contribution is 9.11. The van der Waals surface area contributed by atoms with Crippen LogP contribution in [-0.4, -0.2) is 10.1 Å². The molecule has 0 aliphatic carbocycles. The first kappa shape index (κ1) is 14.3. The van der Waals surface area contributed by atoms with Gasteiger partial charge in [-0.1, -0.05) is 0 Å². The summed E-state index contributed by atoms with van der Waals surface area (Å²) >= 11 is 6.87. The molecule has 2 N–H and O–H groups in total. The predicted octanol–water partition coefficient (Wildman–Crippen LogP) is 4.54. The number of phenols is 1. The largest absolute Gasteiger partial charge is 0.508 e. The normalized spacial score (nSPS) is 10.5. The second kappa shape index (κ2) is 5.92. The third-order valence-corrected chi connectivity index (χ3v) is 3.99. The van der Waals surface area contributed by atoms with Gasteiger partial charge in [0.15, 0.2) is 0 Å². The summed E-state index contributed by atoms with van der Waals surface area (Å²) in [6.07, 6.45) is 1.77. The Morgan fingerprint density at radius 2 is 1.89 bits per heavy atom. The number of nitrogens with one attached hydrogen (secondary N) is 1. The van der Waals surface area contributed by atoms with Gasteiger partial charge in [0.05, 0.1) is 12.2 Å². The zero-order valence-electron chi connectivity index (χ0n) is 10.7. The van der Waals surface area contributed by atoms with Gasteiger partial charge in [-0.05, 0) is 75.0 Å². The molecule has 0 bridgehead atoms. The molecule has 2 aromatic rings. The van der Waals surface area contributed by atoms with Crippen LogP contribution in [0.1, 0.15) is 16.8 Å². The molecule has 0 unspecified atom stereocenters. The monoisotopic (exact) mass is 384 g/mol. The van der Waals surface area contributed by atoms with E-state index in [4.69, 9.17) is 0 Å². The van der Waals surface area contributed by atoms with Crippen molar-refractivity contribution in [2.45, 2.75) is 20.4 Å². The second-order valence-electron chi connectivity index (χ2n) is 4.39. The Labute approximate surface area is 129 Å². The van der Waals surface area contributed by atoms with Gasteiger partial charge in [0, 0.05) is 20.8 Å². The summed E-state index contributed by atoms with van der Waals surface area (Å²) in [5, 5.41) is 13.0. The van der Waals surface area contributed by atoms with Crippen LogP contribution >= 0.6 is 31.9 Å². The quantitative estimate of drug-likeness (QED) is 0.762. The number of anilines is 1. The van der Waals surface area contributed by atoms with Crippen molar-refractivity contribution in [1.82, 2.24) is 4.98 Å². The van der Waals surface area contributed by atoms with E-state index in [1.54, 1.807) is 12.3 Å². The average Bonchev–Trinajstić information content (AvgIpc) is 2.34. The van der Waals surface area contributed by atoms with Crippen molar-refractivity contribution in [2.75, 3.05) is 5.32 Å². The molecule has 2 rings (SSSR count). The fourth-order valence-electron chi connectivity index (χ4n) is 1.74. The summed E-state index contributed by atoms with van der Waals surface area (Å²) in [6.45, 7) is 4.47. The standard InChI is InChI=1S/C14H14Br2N2O/c1-8-4-14(19)9(2)3-12(8)18-7-13-11(16)5-10(15)6-17-13/h3-6,18-19H,7H2,1-2H3. The van der Waals surface area contributed by atoms with E-state index >= 15 is 0 Å². The van der Waals surface area contributed by atoms with E-state index in [2.05, 4.69) is 42.2 Å². The first-order valence-corrected chi connectivity index (χ1v) is 7.40. The van der Waals surface area contributed by atoms with Crippen molar-refractivity contribution >= 4 is 37.5 Å². The number of hydrogen-bond donors (Lipinski definition) is 2. The Morgan fingerprint density at radius 1 is 1.16 bits per heavy atom. The zero-order chi connectivity index (χ0) is 14.0. The third kappa shape index (κ3) is 3.48. The van der Waals surface area contributed by atoms with Crippen LogP contribution in [0, 0.1) is 13.8 Å². The molecule has 0 aliphatic heterocycles. The maximum Gasteiger partial charge on any atom is 0.118 e. The van der Waals surface area contributed by atoms with Crippen LogP contribution in [0.4, 0.5) is 5.69 Å². The van der Waals surface area contributed by atoms with Crippen LogP contribution in [0.3, 0.4) is 0 Å². The fraction of sp³-hybridized carbons (Fsp3) is 0.214. The van der Waals surface area contributed by atoms with E-state index in [9.17, 15) is 5.11 Å². The minimum absolute atomic E-state index is 0.325. The maximum atomic E-state index is 9.63. The molecule has 0 spiro atoms. The Hall–Kier alpha value is -1.07. The molecule has 19 heavy (non-hydrogen) atoms. The van der Waals surface area contributed by atoms with Gasteiger partial charge in [-0.15, -0.1) is 0 Å². The lowest BCUT2D eigenvalue weighted by Crippen LogP contribution is -2.04. The number of aromatic nitrogens is 1. The van der Waals surface area contributed by atoms with Gasteiger partial charge < -0.3 is 10.4 Å². The van der Waals surface area contributed by atoms with E-state index in [1.807, 2.05) is 26.0 Å². The smallest absolute Gasteiger partial charge is 0.118 e. The lowest BCUT2D eigenvalue weighted by molar-refractivity contribution is 0.471. The van der Waals surface area contributed by atoms with Crippen molar-refractivity contribution in [3.05, 3.63) is 50.2 Å². The van der Waals surface area contributed by atoms with E-state index in [0.29, 0.717) is 12.3 Å². The highest BCUT2D eigenvalue weighted by atomic mass is 79.9. The van der Waals surface area contributed by atoms with E-state index in [1.165, 1.54) is 0 Å². The maximum absolute atomic E-state index is 9.63.